The van der Waals surface area contributed by atoms with Gasteiger partial charge in [0.05, 0.1) is 39.0 Å². The molecule has 0 aliphatic carbocycles. The van der Waals surface area contributed by atoms with Crippen molar-refractivity contribution in [3.63, 3.8) is 0 Å². The van der Waals surface area contributed by atoms with Crippen molar-refractivity contribution in [2.75, 3.05) is 26.2 Å². The van der Waals surface area contributed by atoms with Crippen molar-refractivity contribution in [3.8, 4) is 0 Å². The first-order chi connectivity index (χ1) is 13.2. The van der Waals surface area contributed by atoms with Crippen LogP contribution < -0.4 is 0 Å². The van der Waals surface area contributed by atoms with Gasteiger partial charge in [-0.25, -0.2) is 4.79 Å². The van der Waals surface area contributed by atoms with E-state index in [2.05, 4.69) is 6.58 Å². The van der Waals surface area contributed by atoms with Gasteiger partial charge in [-0.05, 0) is 29.7 Å². The Balaban J connectivity index is 1.45. The van der Waals surface area contributed by atoms with Crippen LogP contribution in [0.15, 0.2) is 53.0 Å². The van der Waals surface area contributed by atoms with Crippen LogP contribution in [0.4, 0.5) is 4.79 Å². The fourth-order valence-corrected chi connectivity index (χ4v) is 5.17. The summed E-state index contributed by atoms with van der Waals surface area (Å²) >= 11 is 1.65. The van der Waals surface area contributed by atoms with Gasteiger partial charge < -0.3 is 13.6 Å². The molecule has 3 aliphatic rings. The Morgan fingerprint density at radius 2 is 2.19 bits per heavy atom. The molecule has 3 aliphatic heterocycles. The number of quaternary nitrogens is 1. The molecule has 5 rings (SSSR count). The van der Waals surface area contributed by atoms with Gasteiger partial charge >= 0.3 is 6.09 Å². The van der Waals surface area contributed by atoms with E-state index in [1.807, 2.05) is 35.7 Å². The molecule has 1 amide bonds. The fourth-order valence-electron chi connectivity index (χ4n) is 4.46. The number of carbonyl (C=O) groups excluding carboxylic acids is 1. The van der Waals surface area contributed by atoms with Crippen LogP contribution in [0.25, 0.3) is 0 Å². The predicted molar refractivity (Wildman–Crippen MR) is 105 cm³/mol. The largest absolute Gasteiger partial charge is 0.467 e. The second-order valence-corrected chi connectivity index (χ2v) is 8.75. The molecular formula is C21H27N2O3S+. The van der Waals surface area contributed by atoms with Crippen LogP contribution in [0.5, 0.6) is 0 Å². The highest BCUT2D eigenvalue weighted by Crippen LogP contribution is 2.36. The minimum absolute atomic E-state index is 0.00221. The van der Waals surface area contributed by atoms with Crippen LogP contribution in [-0.4, -0.2) is 47.8 Å². The standard InChI is InChI=1S/C21H27N2O3S/c1-2-9-23-10-7-17(8-11-23)20(16-23)26-21(24)22(14-18-5-3-12-25-18)15-19-6-4-13-27-19/h2-6,12-13,17,20H,1,7-11,14-16H2/q+1/t17?,20-,23?/m0/s1. The molecule has 0 saturated carbocycles. The monoisotopic (exact) mass is 387 g/mol. The second kappa shape index (κ2) is 7.90. The van der Waals surface area contributed by atoms with Gasteiger partial charge in [0.1, 0.15) is 12.3 Å². The fraction of sp³-hybridized carbons (Fsp3) is 0.476. The Hall–Kier alpha value is -2.05. The van der Waals surface area contributed by atoms with E-state index in [-0.39, 0.29) is 12.2 Å². The maximum absolute atomic E-state index is 13.0. The zero-order chi connectivity index (χ0) is 18.7. The Morgan fingerprint density at radius 3 is 2.85 bits per heavy atom. The summed E-state index contributed by atoms with van der Waals surface area (Å²) in [6.45, 7) is 9.12. The Labute approximate surface area is 164 Å². The molecule has 0 N–H and O–H groups in total. The van der Waals surface area contributed by atoms with Gasteiger partial charge in [0, 0.05) is 23.6 Å². The van der Waals surface area contributed by atoms with Crippen molar-refractivity contribution in [2.45, 2.75) is 32.0 Å². The highest BCUT2D eigenvalue weighted by Gasteiger charge is 2.47. The molecule has 2 aromatic rings. The molecule has 5 nitrogen and oxygen atoms in total. The molecule has 0 aromatic carbocycles. The summed E-state index contributed by atoms with van der Waals surface area (Å²) in [5, 5.41) is 2.03. The van der Waals surface area contributed by atoms with E-state index in [1.54, 1.807) is 22.5 Å². The van der Waals surface area contributed by atoms with E-state index in [1.165, 1.54) is 13.1 Å². The molecule has 27 heavy (non-hydrogen) atoms. The first-order valence-corrected chi connectivity index (χ1v) is 10.5. The number of furan rings is 1. The number of nitrogens with zero attached hydrogens (tertiary/aromatic N) is 2. The summed E-state index contributed by atoms with van der Waals surface area (Å²) in [5.74, 6) is 1.26. The number of hydrogen-bond acceptors (Lipinski definition) is 4. The van der Waals surface area contributed by atoms with Crippen molar-refractivity contribution >= 4 is 17.4 Å². The smallest absolute Gasteiger partial charge is 0.411 e. The van der Waals surface area contributed by atoms with E-state index >= 15 is 0 Å². The average Bonchev–Trinajstić information content (AvgIpc) is 3.36. The van der Waals surface area contributed by atoms with E-state index in [0.29, 0.717) is 19.0 Å². The number of thiophene rings is 1. The molecule has 1 atom stereocenters. The van der Waals surface area contributed by atoms with Crippen LogP contribution in [0.2, 0.25) is 0 Å². The maximum atomic E-state index is 13.0. The Bertz CT molecular complexity index is 712. The Morgan fingerprint density at radius 1 is 1.33 bits per heavy atom. The number of piperidine rings is 3. The molecule has 5 heterocycles. The van der Waals surface area contributed by atoms with Crippen molar-refractivity contribution in [1.82, 2.24) is 4.90 Å². The topological polar surface area (TPSA) is 42.7 Å². The van der Waals surface area contributed by atoms with E-state index in [9.17, 15) is 4.79 Å². The van der Waals surface area contributed by atoms with Crippen molar-refractivity contribution in [3.05, 3.63) is 59.2 Å². The molecule has 3 fully saturated rings. The summed E-state index contributed by atoms with van der Waals surface area (Å²) < 4.78 is 12.5. The average molecular weight is 388 g/mol. The Kier molecular flexibility index (Phi) is 5.36. The molecule has 3 saturated heterocycles. The van der Waals surface area contributed by atoms with E-state index in [4.69, 9.17) is 9.15 Å². The van der Waals surface area contributed by atoms with Crippen LogP contribution in [0.3, 0.4) is 0 Å². The lowest BCUT2D eigenvalue weighted by Gasteiger charge is -2.51. The van der Waals surface area contributed by atoms with Gasteiger partial charge in [-0.2, -0.15) is 0 Å². The lowest BCUT2D eigenvalue weighted by molar-refractivity contribution is -0.941. The van der Waals surface area contributed by atoms with E-state index in [0.717, 1.165) is 41.1 Å². The lowest BCUT2D eigenvalue weighted by atomic mass is 9.83. The molecule has 0 spiro atoms. The molecule has 2 aromatic heterocycles. The van der Waals surface area contributed by atoms with Crippen LogP contribution in [-0.2, 0) is 17.8 Å². The van der Waals surface area contributed by atoms with Gasteiger partial charge in [-0.15, -0.1) is 11.3 Å². The minimum Gasteiger partial charge on any atom is -0.467 e. The first kappa shape index (κ1) is 18.3. The SMILES string of the molecule is C=CC[N+]12CCC(CC1)[C@@H](OC(=O)N(Cc1ccco1)Cc1cccs1)C2. The third-order valence-corrected chi connectivity index (χ3v) is 6.78. The quantitative estimate of drug-likeness (QED) is 0.526. The van der Waals surface area contributed by atoms with Gasteiger partial charge in [-0.1, -0.05) is 12.6 Å². The van der Waals surface area contributed by atoms with Gasteiger partial charge in [0.15, 0.2) is 6.10 Å². The molecule has 6 heteroatoms. The summed E-state index contributed by atoms with van der Waals surface area (Å²) in [6, 6.07) is 7.80. The number of hydrogen-bond donors (Lipinski definition) is 0. The molecule has 2 bridgehead atoms. The lowest BCUT2D eigenvalue weighted by Crippen LogP contribution is -2.64. The third-order valence-electron chi connectivity index (χ3n) is 5.92. The van der Waals surface area contributed by atoms with Crippen molar-refractivity contribution < 1.29 is 18.4 Å². The second-order valence-electron chi connectivity index (χ2n) is 7.72. The van der Waals surface area contributed by atoms with Crippen molar-refractivity contribution in [1.29, 1.82) is 0 Å². The van der Waals surface area contributed by atoms with Gasteiger partial charge in [0.2, 0.25) is 0 Å². The molecule has 0 radical (unpaired) electrons. The predicted octanol–water partition coefficient (Wildman–Crippen LogP) is 4.27. The molecular weight excluding hydrogens is 360 g/mol. The van der Waals surface area contributed by atoms with Crippen LogP contribution in [0, 0.1) is 5.92 Å². The minimum atomic E-state index is -0.240. The summed E-state index contributed by atoms with van der Waals surface area (Å²) in [7, 11) is 0. The number of rotatable bonds is 7. The van der Waals surface area contributed by atoms with Gasteiger partial charge in [-0.3, -0.25) is 4.90 Å². The first-order valence-electron chi connectivity index (χ1n) is 9.64. The molecule has 0 unspecified atom stereocenters. The maximum Gasteiger partial charge on any atom is 0.411 e. The highest BCUT2D eigenvalue weighted by molar-refractivity contribution is 7.09. The summed E-state index contributed by atoms with van der Waals surface area (Å²) in [6.07, 6.45) is 5.67. The van der Waals surface area contributed by atoms with Gasteiger partial charge in [0.25, 0.3) is 0 Å². The number of ether oxygens (including phenoxy) is 1. The zero-order valence-corrected chi connectivity index (χ0v) is 16.4. The number of fused-ring (bicyclic) bond motifs is 3. The normalized spacial score (nSPS) is 26.7. The van der Waals surface area contributed by atoms with Crippen LogP contribution >= 0.6 is 11.3 Å². The van der Waals surface area contributed by atoms with E-state index < -0.39 is 0 Å². The zero-order valence-electron chi connectivity index (χ0n) is 15.6. The number of amides is 1. The summed E-state index contributed by atoms with van der Waals surface area (Å²) in [5.41, 5.74) is 0. The molecule has 144 valence electrons. The van der Waals surface area contributed by atoms with Crippen molar-refractivity contribution in [2.24, 2.45) is 5.92 Å². The highest BCUT2D eigenvalue weighted by atomic mass is 32.1. The third kappa shape index (κ3) is 4.12. The summed E-state index contributed by atoms with van der Waals surface area (Å²) in [4.78, 5) is 15.9. The number of carbonyl (C=O) groups is 1. The van der Waals surface area contributed by atoms with Crippen LogP contribution in [0.1, 0.15) is 23.5 Å².